The van der Waals surface area contributed by atoms with Crippen molar-refractivity contribution in [2.75, 3.05) is 0 Å². The summed E-state index contributed by atoms with van der Waals surface area (Å²) >= 11 is 0. The molecular formula is C20H26O. The second-order valence-electron chi connectivity index (χ2n) is 6.99. The Bertz CT molecular complexity index is 620. The monoisotopic (exact) mass is 282 g/mol. The predicted octanol–water partition coefficient (Wildman–Crippen LogP) is 4.88. The third kappa shape index (κ3) is 3.74. The van der Waals surface area contributed by atoms with E-state index in [4.69, 9.17) is 0 Å². The highest BCUT2D eigenvalue weighted by Crippen LogP contribution is 2.31. The van der Waals surface area contributed by atoms with E-state index in [0.717, 1.165) is 5.56 Å². The van der Waals surface area contributed by atoms with Crippen molar-refractivity contribution in [1.82, 2.24) is 0 Å². The minimum Gasteiger partial charge on any atom is -0.388 e. The van der Waals surface area contributed by atoms with Gasteiger partial charge in [0, 0.05) is 6.42 Å². The molecule has 0 saturated carbocycles. The number of rotatable bonds is 3. The Labute approximate surface area is 128 Å². The van der Waals surface area contributed by atoms with Crippen molar-refractivity contribution in [2.45, 2.75) is 52.6 Å². The number of hydrogen-bond donors (Lipinski definition) is 1. The van der Waals surface area contributed by atoms with Gasteiger partial charge in [0.2, 0.25) is 0 Å². The maximum Gasteiger partial charge on any atom is 0.0833 e. The van der Waals surface area contributed by atoms with Gasteiger partial charge in [-0.3, -0.25) is 0 Å². The molecule has 2 aromatic rings. The van der Waals surface area contributed by atoms with Gasteiger partial charge in [-0.05, 0) is 41.5 Å². The molecule has 1 unspecified atom stereocenters. The van der Waals surface area contributed by atoms with Crippen LogP contribution < -0.4 is 0 Å². The van der Waals surface area contributed by atoms with Crippen LogP contribution in [0.15, 0.2) is 42.5 Å². The van der Waals surface area contributed by atoms with E-state index in [9.17, 15) is 5.11 Å². The van der Waals surface area contributed by atoms with Crippen LogP contribution in [0, 0.1) is 13.8 Å². The zero-order valence-corrected chi connectivity index (χ0v) is 13.8. The Kier molecular flexibility index (Phi) is 4.53. The summed E-state index contributed by atoms with van der Waals surface area (Å²) in [5, 5.41) is 10.7. The van der Waals surface area contributed by atoms with Gasteiger partial charge in [0.1, 0.15) is 0 Å². The largest absolute Gasteiger partial charge is 0.388 e. The van der Waals surface area contributed by atoms with Gasteiger partial charge in [-0.15, -0.1) is 0 Å². The molecular weight excluding hydrogens is 256 g/mol. The maximum absolute atomic E-state index is 10.7. The molecule has 0 radical (unpaired) electrons. The zero-order valence-electron chi connectivity index (χ0n) is 13.8. The van der Waals surface area contributed by atoms with Crippen LogP contribution in [0.5, 0.6) is 0 Å². The molecule has 0 saturated heterocycles. The normalized spacial score (nSPS) is 13.2. The Morgan fingerprint density at radius 2 is 1.67 bits per heavy atom. The summed E-state index contributed by atoms with van der Waals surface area (Å²) in [6, 6.07) is 14.7. The molecule has 1 N–H and O–H groups in total. The number of aryl methyl sites for hydroxylation is 2. The Balaban J connectivity index is 2.33. The predicted molar refractivity (Wildman–Crippen MR) is 89.7 cm³/mol. The molecule has 2 rings (SSSR count). The third-order valence-corrected chi connectivity index (χ3v) is 4.05. The van der Waals surface area contributed by atoms with Crippen LogP contribution in [0.4, 0.5) is 0 Å². The molecule has 0 aliphatic carbocycles. The number of benzene rings is 2. The van der Waals surface area contributed by atoms with Crippen LogP contribution in [-0.4, -0.2) is 5.11 Å². The fraction of sp³-hybridized carbons (Fsp3) is 0.400. The number of aliphatic hydroxyl groups is 1. The van der Waals surface area contributed by atoms with Crippen LogP contribution in [0.2, 0.25) is 0 Å². The summed E-state index contributed by atoms with van der Waals surface area (Å²) in [7, 11) is 0. The first kappa shape index (κ1) is 15.8. The summed E-state index contributed by atoms with van der Waals surface area (Å²) in [4.78, 5) is 0. The summed E-state index contributed by atoms with van der Waals surface area (Å²) in [5.74, 6) is 0. The van der Waals surface area contributed by atoms with Gasteiger partial charge in [-0.1, -0.05) is 68.8 Å². The quantitative estimate of drug-likeness (QED) is 0.851. The van der Waals surface area contributed by atoms with E-state index in [1.165, 1.54) is 22.3 Å². The topological polar surface area (TPSA) is 20.2 Å². The molecule has 2 aromatic carbocycles. The van der Waals surface area contributed by atoms with E-state index in [0.29, 0.717) is 6.42 Å². The molecule has 0 fully saturated rings. The molecule has 0 aliphatic heterocycles. The van der Waals surface area contributed by atoms with Gasteiger partial charge in [-0.2, -0.15) is 0 Å². The molecule has 1 nitrogen and oxygen atoms in total. The van der Waals surface area contributed by atoms with Crippen LogP contribution >= 0.6 is 0 Å². The van der Waals surface area contributed by atoms with Crippen molar-refractivity contribution >= 4 is 0 Å². The minimum absolute atomic E-state index is 0.0409. The van der Waals surface area contributed by atoms with Crippen LogP contribution in [0.1, 0.15) is 54.7 Å². The summed E-state index contributed by atoms with van der Waals surface area (Å²) in [6.07, 6.45) is 0.210. The van der Waals surface area contributed by atoms with Crippen molar-refractivity contribution in [1.29, 1.82) is 0 Å². The van der Waals surface area contributed by atoms with E-state index < -0.39 is 6.10 Å². The molecule has 1 heteroatoms. The lowest BCUT2D eigenvalue weighted by Gasteiger charge is -2.25. The van der Waals surface area contributed by atoms with E-state index >= 15 is 0 Å². The first-order valence-corrected chi connectivity index (χ1v) is 7.62. The van der Waals surface area contributed by atoms with Crippen LogP contribution in [-0.2, 0) is 11.8 Å². The van der Waals surface area contributed by atoms with Gasteiger partial charge < -0.3 is 5.11 Å². The summed E-state index contributed by atoms with van der Waals surface area (Å²) in [6.45, 7) is 10.8. The second kappa shape index (κ2) is 6.03. The smallest absolute Gasteiger partial charge is 0.0833 e. The Morgan fingerprint density at radius 3 is 2.33 bits per heavy atom. The van der Waals surface area contributed by atoms with Crippen LogP contribution in [0.3, 0.4) is 0 Å². The highest BCUT2D eigenvalue weighted by Gasteiger charge is 2.21. The van der Waals surface area contributed by atoms with Crippen molar-refractivity contribution in [3.05, 3.63) is 70.3 Å². The molecule has 0 heterocycles. The van der Waals surface area contributed by atoms with Gasteiger partial charge in [-0.25, -0.2) is 0 Å². The molecule has 0 bridgehead atoms. The van der Waals surface area contributed by atoms with Crippen molar-refractivity contribution < 1.29 is 5.11 Å². The minimum atomic E-state index is -0.457. The fourth-order valence-electron chi connectivity index (χ4n) is 2.81. The highest BCUT2D eigenvalue weighted by molar-refractivity contribution is 5.37. The third-order valence-electron chi connectivity index (χ3n) is 4.05. The summed E-state index contributed by atoms with van der Waals surface area (Å²) in [5.41, 5.74) is 6.03. The lowest BCUT2D eigenvalue weighted by Crippen LogP contribution is -2.17. The first-order chi connectivity index (χ1) is 9.79. The lowest BCUT2D eigenvalue weighted by molar-refractivity contribution is 0.176. The molecule has 0 aliphatic rings. The standard InChI is InChI=1S/C20H26O/c1-14-10-11-15(2)16(12-14)13-19(21)17-8-6-7-9-18(17)20(3,4)5/h6-12,19,21H,13H2,1-5H3. The number of aliphatic hydroxyl groups excluding tert-OH is 1. The molecule has 0 spiro atoms. The average molecular weight is 282 g/mol. The van der Waals surface area contributed by atoms with E-state index in [2.05, 4.69) is 71.0 Å². The lowest BCUT2D eigenvalue weighted by atomic mass is 9.81. The first-order valence-electron chi connectivity index (χ1n) is 7.62. The Hall–Kier alpha value is -1.60. The van der Waals surface area contributed by atoms with E-state index in [1.807, 2.05) is 6.07 Å². The molecule has 112 valence electrons. The van der Waals surface area contributed by atoms with Gasteiger partial charge >= 0.3 is 0 Å². The SMILES string of the molecule is Cc1ccc(C)c(CC(O)c2ccccc2C(C)(C)C)c1. The van der Waals surface area contributed by atoms with Crippen LogP contribution in [0.25, 0.3) is 0 Å². The van der Waals surface area contributed by atoms with Gasteiger partial charge in [0.05, 0.1) is 6.10 Å². The van der Waals surface area contributed by atoms with E-state index in [-0.39, 0.29) is 5.41 Å². The number of hydrogen-bond acceptors (Lipinski definition) is 1. The zero-order chi connectivity index (χ0) is 15.6. The van der Waals surface area contributed by atoms with Crippen molar-refractivity contribution in [3.63, 3.8) is 0 Å². The molecule has 1 atom stereocenters. The molecule has 21 heavy (non-hydrogen) atoms. The second-order valence-corrected chi connectivity index (χ2v) is 6.99. The Morgan fingerprint density at radius 1 is 1.00 bits per heavy atom. The fourth-order valence-corrected chi connectivity index (χ4v) is 2.81. The molecule has 0 amide bonds. The molecule has 0 aromatic heterocycles. The average Bonchev–Trinajstić information content (AvgIpc) is 2.42. The van der Waals surface area contributed by atoms with Crippen molar-refractivity contribution in [3.8, 4) is 0 Å². The highest BCUT2D eigenvalue weighted by atomic mass is 16.3. The van der Waals surface area contributed by atoms with Gasteiger partial charge in [0.15, 0.2) is 0 Å². The van der Waals surface area contributed by atoms with Gasteiger partial charge in [0.25, 0.3) is 0 Å². The maximum atomic E-state index is 10.7. The van der Waals surface area contributed by atoms with E-state index in [1.54, 1.807) is 0 Å². The summed E-state index contributed by atoms with van der Waals surface area (Å²) < 4.78 is 0. The van der Waals surface area contributed by atoms with Crippen molar-refractivity contribution in [2.24, 2.45) is 0 Å².